The fourth-order valence-corrected chi connectivity index (χ4v) is 2.13. The minimum atomic E-state index is 0.326. The third kappa shape index (κ3) is 1.03. The Morgan fingerprint density at radius 1 is 1.40 bits per heavy atom. The van der Waals surface area contributed by atoms with Crippen LogP contribution in [0.5, 0.6) is 5.75 Å². The molecule has 1 N–H and O–H groups in total. The SMILES string of the molecule is CC1=C(c2c(O)ccn3ccnc23)[C@H]1C. The molecule has 3 rings (SSSR count). The van der Waals surface area contributed by atoms with E-state index < -0.39 is 0 Å². The van der Waals surface area contributed by atoms with Crippen LogP contribution >= 0.6 is 0 Å². The van der Waals surface area contributed by atoms with E-state index in [1.54, 1.807) is 12.3 Å². The maximum Gasteiger partial charge on any atom is 0.148 e. The molecule has 76 valence electrons. The summed E-state index contributed by atoms with van der Waals surface area (Å²) in [7, 11) is 0. The van der Waals surface area contributed by atoms with Crippen molar-refractivity contribution in [3.8, 4) is 5.75 Å². The predicted octanol–water partition coefficient (Wildman–Crippen LogP) is 2.46. The Balaban J connectivity index is 2.33. The second kappa shape index (κ2) is 2.63. The highest BCUT2D eigenvalue weighted by atomic mass is 16.3. The molecule has 0 aliphatic heterocycles. The van der Waals surface area contributed by atoms with E-state index in [-0.39, 0.29) is 0 Å². The van der Waals surface area contributed by atoms with Crippen LogP contribution in [0.1, 0.15) is 19.4 Å². The number of aromatic hydroxyl groups is 1. The Kier molecular flexibility index (Phi) is 1.49. The highest BCUT2D eigenvalue weighted by Crippen LogP contribution is 2.49. The standard InChI is InChI=1S/C12H12N2O/c1-7-8(2)10(7)11-9(15)3-5-14-6-4-13-12(11)14/h3-7,15H,1-2H3/t7-/m0/s1. The van der Waals surface area contributed by atoms with Gasteiger partial charge in [0.25, 0.3) is 0 Å². The molecule has 0 radical (unpaired) electrons. The summed E-state index contributed by atoms with van der Waals surface area (Å²) in [4.78, 5) is 4.28. The first-order valence-corrected chi connectivity index (χ1v) is 5.06. The van der Waals surface area contributed by atoms with Gasteiger partial charge in [-0.2, -0.15) is 0 Å². The van der Waals surface area contributed by atoms with E-state index in [2.05, 4.69) is 18.8 Å². The largest absolute Gasteiger partial charge is 0.507 e. The van der Waals surface area contributed by atoms with Crippen molar-refractivity contribution >= 4 is 11.2 Å². The van der Waals surface area contributed by atoms with Crippen molar-refractivity contribution in [2.75, 3.05) is 0 Å². The molecule has 0 fully saturated rings. The number of rotatable bonds is 1. The second-order valence-electron chi connectivity index (χ2n) is 4.05. The summed E-state index contributed by atoms with van der Waals surface area (Å²) in [6, 6.07) is 1.72. The fraction of sp³-hybridized carbons (Fsp3) is 0.250. The molecule has 0 bridgehead atoms. The number of fused-ring (bicyclic) bond motifs is 1. The van der Waals surface area contributed by atoms with E-state index in [0.717, 1.165) is 11.2 Å². The Morgan fingerprint density at radius 3 is 2.80 bits per heavy atom. The second-order valence-corrected chi connectivity index (χ2v) is 4.05. The average Bonchev–Trinajstić information content (AvgIpc) is 2.70. The van der Waals surface area contributed by atoms with Crippen LogP contribution in [0, 0.1) is 5.92 Å². The first-order chi connectivity index (χ1) is 7.20. The number of hydrogen-bond acceptors (Lipinski definition) is 2. The smallest absolute Gasteiger partial charge is 0.148 e. The first-order valence-electron chi connectivity index (χ1n) is 5.06. The molecule has 0 saturated carbocycles. The molecule has 2 heterocycles. The molecule has 3 nitrogen and oxygen atoms in total. The van der Waals surface area contributed by atoms with Crippen LogP contribution < -0.4 is 0 Å². The van der Waals surface area contributed by atoms with Crippen LogP contribution in [-0.4, -0.2) is 14.5 Å². The van der Waals surface area contributed by atoms with E-state index in [9.17, 15) is 5.11 Å². The molecule has 0 spiro atoms. The highest BCUT2D eigenvalue weighted by Gasteiger charge is 2.32. The number of aromatic nitrogens is 2. The maximum absolute atomic E-state index is 9.89. The summed E-state index contributed by atoms with van der Waals surface area (Å²) in [6.07, 6.45) is 5.46. The van der Waals surface area contributed by atoms with Crippen molar-refractivity contribution in [2.24, 2.45) is 5.92 Å². The van der Waals surface area contributed by atoms with Crippen molar-refractivity contribution < 1.29 is 5.11 Å². The average molecular weight is 200 g/mol. The van der Waals surface area contributed by atoms with Gasteiger partial charge in [-0.25, -0.2) is 4.98 Å². The van der Waals surface area contributed by atoms with E-state index in [4.69, 9.17) is 0 Å². The number of nitrogens with zero attached hydrogens (tertiary/aromatic N) is 2. The third-order valence-electron chi connectivity index (χ3n) is 3.23. The Bertz CT molecular complexity index is 580. The van der Waals surface area contributed by atoms with Crippen LogP contribution in [0.15, 0.2) is 30.2 Å². The van der Waals surface area contributed by atoms with E-state index in [0.29, 0.717) is 11.7 Å². The summed E-state index contributed by atoms with van der Waals surface area (Å²) >= 11 is 0. The van der Waals surface area contributed by atoms with Crippen LogP contribution in [0.25, 0.3) is 11.2 Å². The van der Waals surface area contributed by atoms with Crippen LogP contribution in [-0.2, 0) is 0 Å². The third-order valence-corrected chi connectivity index (χ3v) is 3.23. The van der Waals surface area contributed by atoms with E-state index in [1.165, 1.54) is 11.1 Å². The number of pyridine rings is 1. The molecule has 1 atom stereocenters. The van der Waals surface area contributed by atoms with Gasteiger partial charge < -0.3 is 9.51 Å². The predicted molar refractivity (Wildman–Crippen MR) is 58.6 cm³/mol. The van der Waals surface area contributed by atoms with Crippen molar-refractivity contribution in [1.82, 2.24) is 9.38 Å². The normalized spacial score (nSPS) is 20.0. The summed E-state index contributed by atoms with van der Waals surface area (Å²) in [5.74, 6) is 0.811. The van der Waals surface area contributed by atoms with E-state index in [1.807, 2.05) is 16.8 Å². The van der Waals surface area contributed by atoms with Crippen LogP contribution in [0.4, 0.5) is 0 Å². The van der Waals surface area contributed by atoms with Gasteiger partial charge in [0, 0.05) is 24.5 Å². The zero-order valence-electron chi connectivity index (χ0n) is 8.73. The first kappa shape index (κ1) is 8.53. The topological polar surface area (TPSA) is 37.5 Å². The van der Waals surface area contributed by atoms with Crippen LogP contribution in [0.3, 0.4) is 0 Å². The molecule has 1 aliphatic rings. The Hall–Kier alpha value is -1.77. The quantitative estimate of drug-likeness (QED) is 0.767. The monoisotopic (exact) mass is 200 g/mol. The lowest BCUT2D eigenvalue weighted by atomic mass is 10.1. The van der Waals surface area contributed by atoms with Gasteiger partial charge in [0.15, 0.2) is 0 Å². The van der Waals surface area contributed by atoms with Crippen molar-refractivity contribution in [3.63, 3.8) is 0 Å². The van der Waals surface area contributed by atoms with Gasteiger partial charge in [-0.3, -0.25) is 0 Å². The number of hydrogen-bond donors (Lipinski definition) is 1. The lowest BCUT2D eigenvalue weighted by Gasteiger charge is -2.03. The van der Waals surface area contributed by atoms with Gasteiger partial charge >= 0.3 is 0 Å². The molecule has 2 aromatic rings. The van der Waals surface area contributed by atoms with Gasteiger partial charge in [0.05, 0.1) is 5.56 Å². The maximum atomic E-state index is 9.89. The van der Waals surface area contributed by atoms with Gasteiger partial charge in [-0.1, -0.05) is 12.5 Å². The van der Waals surface area contributed by atoms with Crippen LogP contribution in [0.2, 0.25) is 0 Å². The van der Waals surface area contributed by atoms with Gasteiger partial charge in [0.1, 0.15) is 11.4 Å². The Morgan fingerprint density at radius 2 is 2.13 bits per heavy atom. The fourth-order valence-electron chi connectivity index (χ4n) is 2.13. The van der Waals surface area contributed by atoms with Gasteiger partial charge in [0.2, 0.25) is 0 Å². The summed E-state index contributed by atoms with van der Waals surface area (Å²) in [5.41, 5.74) is 4.33. The lowest BCUT2D eigenvalue weighted by molar-refractivity contribution is 0.473. The molecule has 1 aliphatic carbocycles. The van der Waals surface area contributed by atoms with Crippen molar-refractivity contribution in [3.05, 3.63) is 35.8 Å². The summed E-state index contributed by atoms with van der Waals surface area (Å²) < 4.78 is 1.93. The van der Waals surface area contributed by atoms with E-state index >= 15 is 0 Å². The van der Waals surface area contributed by atoms with Crippen molar-refractivity contribution in [1.29, 1.82) is 0 Å². The summed E-state index contributed by atoms with van der Waals surface area (Å²) in [5, 5.41) is 9.89. The zero-order chi connectivity index (χ0) is 10.6. The van der Waals surface area contributed by atoms with Gasteiger partial charge in [-0.05, 0) is 18.6 Å². The number of allylic oxidation sites excluding steroid dienone is 2. The number of imidazole rings is 1. The molecule has 0 unspecified atom stereocenters. The molecule has 2 aromatic heterocycles. The lowest BCUT2D eigenvalue weighted by Crippen LogP contribution is -1.89. The molecule has 3 heteroatoms. The molecule has 0 amide bonds. The molecule has 0 aromatic carbocycles. The van der Waals surface area contributed by atoms with Crippen molar-refractivity contribution in [2.45, 2.75) is 13.8 Å². The van der Waals surface area contributed by atoms with Gasteiger partial charge in [-0.15, -0.1) is 0 Å². The summed E-state index contributed by atoms with van der Waals surface area (Å²) in [6.45, 7) is 4.25. The minimum Gasteiger partial charge on any atom is -0.507 e. The molecular weight excluding hydrogens is 188 g/mol. The molecular formula is C12H12N2O. The molecule has 15 heavy (non-hydrogen) atoms. The minimum absolute atomic E-state index is 0.326. The Labute approximate surface area is 87.7 Å². The zero-order valence-corrected chi connectivity index (χ0v) is 8.73. The highest BCUT2D eigenvalue weighted by molar-refractivity contribution is 5.92. The molecule has 0 saturated heterocycles.